The van der Waals surface area contributed by atoms with Crippen LogP contribution in [-0.4, -0.2) is 26.5 Å². The Morgan fingerprint density at radius 3 is 2.54 bits per heavy atom. The van der Waals surface area contributed by atoms with Gasteiger partial charge in [0.2, 0.25) is 5.91 Å². The van der Waals surface area contributed by atoms with E-state index in [0.29, 0.717) is 40.0 Å². The molecule has 6 nitrogen and oxygen atoms in total. The van der Waals surface area contributed by atoms with Crippen LogP contribution in [0, 0.1) is 0 Å². The first-order valence-electron chi connectivity index (χ1n) is 7.20. The standard InChI is InChI=1S/C16H13Cl2N5O/c17-11-4-1-10(2-5-11)3-8-15(24)19-14-9-12(18)6-7-13(14)16-20-22-23-21-16/h1-2,4-7,9H,3,8H2,(H,19,24)(H,20,21,22,23). The van der Waals surface area contributed by atoms with E-state index in [2.05, 4.69) is 25.9 Å². The molecule has 0 saturated heterocycles. The number of hydrogen-bond acceptors (Lipinski definition) is 4. The van der Waals surface area contributed by atoms with Gasteiger partial charge in [0.25, 0.3) is 0 Å². The molecule has 0 saturated carbocycles. The summed E-state index contributed by atoms with van der Waals surface area (Å²) in [7, 11) is 0. The fourth-order valence-electron chi connectivity index (χ4n) is 2.22. The first kappa shape index (κ1) is 16.4. The molecule has 1 heterocycles. The Morgan fingerprint density at radius 1 is 1.08 bits per heavy atom. The molecule has 1 aromatic heterocycles. The van der Waals surface area contributed by atoms with Gasteiger partial charge in [-0.05, 0) is 52.7 Å². The van der Waals surface area contributed by atoms with Crippen LogP contribution in [0.2, 0.25) is 10.0 Å². The second kappa shape index (κ2) is 7.42. The van der Waals surface area contributed by atoms with E-state index in [9.17, 15) is 4.79 Å². The quantitative estimate of drug-likeness (QED) is 0.724. The summed E-state index contributed by atoms with van der Waals surface area (Å²) in [6.07, 6.45) is 0.949. The molecular formula is C16H13Cl2N5O. The maximum absolute atomic E-state index is 12.2. The minimum absolute atomic E-state index is 0.124. The molecule has 0 fully saturated rings. The Labute approximate surface area is 148 Å². The first-order chi connectivity index (χ1) is 11.6. The van der Waals surface area contributed by atoms with Crippen LogP contribution < -0.4 is 5.32 Å². The summed E-state index contributed by atoms with van der Waals surface area (Å²) in [6, 6.07) is 12.5. The SMILES string of the molecule is O=C(CCc1ccc(Cl)cc1)Nc1cc(Cl)ccc1-c1nnn[nH]1. The fraction of sp³-hybridized carbons (Fsp3) is 0.125. The zero-order chi connectivity index (χ0) is 16.9. The zero-order valence-corrected chi connectivity index (χ0v) is 14.0. The van der Waals surface area contributed by atoms with Gasteiger partial charge >= 0.3 is 0 Å². The van der Waals surface area contributed by atoms with E-state index in [1.54, 1.807) is 30.3 Å². The molecule has 1 amide bonds. The van der Waals surface area contributed by atoms with E-state index in [-0.39, 0.29) is 5.91 Å². The lowest BCUT2D eigenvalue weighted by atomic mass is 10.1. The Morgan fingerprint density at radius 2 is 1.83 bits per heavy atom. The highest BCUT2D eigenvalue weighted by Crippen LogP contribution is 2.28. The molecule has 24 heavy (non-hydrogen) atoms. The molecule has 0 unspecified atom stereocenters. The van der Waals surface area contributed by atoms with Gasteiger partial charge in [-0.1, -0.05) is 35.3 Å². The monoisotopic (exact) mass is 361 g/mol. The van der Waals surface area contributed by atoms with Gasteiger partial charge in [0.15, 0.2) is 5.82 Å². The van der Waals surface area contributed by atoms with Gasteiger partial charge in [-0.15, -0.1) is 5.10 Å². The van der Waals surface area contributed by atoms with Crippen molar-refractivity contribution in [3.63, 3.8) is 0 Å². The number of nitrogens with one attached hydrogen (secondary N) is 2. The summed E-state index contributed by atoms with van der Waals surface area (Å²) in [4.78, 5) is 12.2. The average Bonchev–Trinajstić information content (AvgIpc) is 3.09. The summed E-state index contributed by atoms with van der Waals surface area (Å²) >= 11 is 11.9. The zero-order valence-electron chi connectivity index (χ0n) is 12.5. The lowest BCUT2D eigenvalue weighted by molar-refractivity contribution is -0.116. The number of aromatic amines is 1. The minimum Gasteiger partial charge on any atom is -0.325 e. The molecule has 2 N–H and O–H groups in total. The van der Waals surface area contributed by atoms with Crippen molar-refractivity contribution in [3.05, 3.63) is 58.1 Å². The molecule has 3 aromatic rings. The second-order valence-corrected chi connectivity index (χ2v) is 5.99. The third kappa shape index (κ3) is 4.10. The van der Waals surface area contributed by atoms with Crippen molar-refractivity contribution >= 4 is 34.8 Å². The van der Waals surface area contributed by atoms with Gasteiger partial charge in [-0.2, -0.15) is 0 Å². The van der Waals surface area contributed by atoms with E-state index < -0.39 is 0 Å². The number of halogens is 2. The predicted molar refractivity (Wildman–Crippen MR) is 93.0 cm³/mol. The highest BCUT2D eigenvalue weighted by molar-refractivity contribution is 6.31. The number of carbonyl (C=O) groups is 1. The maximum Gasteiger partial charge on any atom is 0.224 e. The van der Waals surface area contributed by atoms with Gasteiger partial charge in [0.1, 0.15) is 0 Å². The Kier molecular flexibility index (Phi) is 5.08. The number of hydrogen-bond donors (Lipinski definition) is 2. The number of amides is 1. The van der Waals surface area contributed by atoms with Crippen LogP contribution in [0.15, 0.2) is 42.5 Å². The molecule has 0 aliphatic heterocycles. The number of carbonyl (C=O) groups excluding carboxylic acids is 1. The number of aromatic nitrogens is 4. The largest absolute Gasteiger partial charge is 0.325 e. The van der Waals surface area contributed by atoms with Crippen molar-refractivity contribution in [2.24, 2.45) is 0 Å². The Bertz CT molecular complexity index is 834. The van der Waals surface area contributed by atoms with Gasteiger partial charge < -0.3 is 5.32 Å². The summed E-state index contributed by atoms with van der Waals surface area (Å²) < 4.78 is 0. The molecule has 0 atom stereocenters. The van der Waals surface area contributed by atoms with Crippen LogP contribution in [0.3, 0.4) is 0 Å². The smallest absolute Gasteiger partial charge is 0.224 e. The number of aryl methyl sites for hydroxylation is 1. The van der Waals surface area contributed by atoms with Crippen LogP contribution in [0.25, 0.3) is 11.4 Å². The van der Waals surface area contributed by atoms with Crippen molar-refractivity contribution in [2.45, 2.75) is 12.8 Å². The third-order valence-electron chi connectivity index (χ3n) is 3.41. The highest BCUT2D eigenvalue weighted by Gasteiger charge is 2.12. The Hall–Kier alpha value is -2.44. The van der Waals surface area contributed by atoms with Crippen molar-refractivity contribution in [2.75, 3.05) is 5.32 Å². The molecule has 3 rings (SSSR count). The van der Waals surface area contributed by atoms with Crippen molar-refractivity contribution in [1.29, 1.82) is 0 Å². The van der Waals surface area contributed by atoms with Gasteiger partial charge in [0.05, 0.1) is 5.69 Å². The number of rotatable bonds is 5. The maximum atomic E-state index is 12.2. The van der Waals surface area contributed by atoms with Gasteiger partial charge in [0, 0.05) is 22.0 Å². The Balaban J connectivity index is 1.70. The highest BCUT2D eigenvalue weighted by atomic mass is 35.5. The van der Waals surface area contributed by atoms with Crippen LogP contribution in [0.5, 0.6) is 0 Å². The van der Waals surface area contributed by atoms with Crippen molar-refractivity contribution in [3.8, 4) is 11.4 Å². The minimum atomic E-state index is -0.124. The molecule has 0 aliphatic carbocycles. The van der Waals surface area contributed by atoms with E-state index in [4.69, 9.17) is 23.2 Å². The van der Waals surface area contributed by atoms with Crippen molar-refractivity contribution < 1.29 is 4.79 Å². The average molecular weight is 362 g/mol. The van der Waals surface area contributed by atoms with Crippen LogP contribution >= 0.6 is 23.2 Å². The van der Waals surface area contributed by atoms with E-state index in [1.807, 2.05) is 12.1 Å². The normalized spacial score (nSPS) is 10.6. The fourth-order valence-corrected chi connectivity index (χ4v) is 2.52. The summed E-state index contributed by atoms with van der Waals surface area (Å²) in [5.41, 5.74) is 2.27. The van der Waals surface area contributed by atoms with Crippen LogP contribution in [0.4, 0.5) is 5.69 Å². The lowest BCUT2D eigenvalue weighted by Gasteiger charge is -2.10. The molecule has 0 bridgehead atoms. The number of H-pyrrole nitrogens is 1. The van der Waals surface area contributed by atoms with E-state index >= 15 is 0 Å². The predicted octanol–water partition coefficient (Wildman–Crippen LogP) is 3.74. The summed E-state index contributed by atoms with van der Waals surface area (Å²) in [5, 5.41) is 17.7. The van der Waals surface area contributed by atoms with E-state index in [0.717, 1.165) is 5.56 Å². The van der Waals surface area contributed by atoms with Crippen molar-refractivity contribution in [1.82, 2.24) is 20.6 Å². The molecule has 0 spiro atoms. The number of benzene rings is 2. The molecule has 0 radical (unpaired) electrons. The topological polar surface area (TPSA) is 83.6 Å². The molecule has 8 heteroatoms. The summed E-state index contributed by atoms with van der Waals surface area (Å²) in [5.74, 6) is 0.334. The lowest BCUT2D eigenvalue weighted by Crippen LogP contribution is -2.13. The summed E-state index contributed by atoms with van der Waals surface area (Å²) in [6.45, 7) is 0. The van der Waals surface area contributed by atoms with Crippen LogP contribution in [-0.2, 0) is 11.2 Å². The first-order valence-corrected chi connectivity index (χ1v) is 7.95. The number of tetrazole rings is 1. The van der Waals surface area contributed by atoms with Gasteiger partial charge in [-0.25, -0.2) is 5.10 Å². The molecule has 0 aliphatic rings. The van der Waals surface area contributed by atoms with E-state index in [1.165, 1.54) is 0 Å². The third-order valence-corrected chi connectivity index (χ3v) is 3.90. The van der Waals surface area contributed by atoms with Crippen LogP contribution in [0.1, 0.15) is 12.0 Å². The number of anilines is 1. The van der Waals surface area contributed by atoms with Gasteiger partial charge in [-0.3, -0.25) is 4.79 Å². The molecule has 2 aromatic carbocycles. The second-order valence-electron chi connectivity index (χ2n) is 5.11. The molecule has 122 valence electrons. The molecular weight excluding hydrogens is 349 g/mol. The number of nitrogens with zero attached hydrogens (tertiary/aromatic N) is 3.